The summed E-state index contributed by atoms with van der Waals surface area (Å²) in [6, 6.07) is 13.9. The van der Waals surface area contributed by atoms with Crippen molar-refractivity contribution in [2.24, 2.45) is 0 Å². The number of hydrogen-bond donors (Lipinski definition) is 3. The summed E-state index contributed by atoms with van der Waals surface area (Å²) >= 11 is 0. The van der Waals surface area contributed by atoms with Crippen LogP contribution in [0.15, 0.2) is 65.1 Å². The molecule has 2 amide bonds. The Morgan fingerprint density at radius 3 is 2.47 bits per heavy atom. The zero-order chi connectivity index (χ0) is 24.5. The highest BCUT2D eigenvalue weighted by molar-refractivity contribution is 5.94. The van der Waals surface area contributed by atoms with Crippen LogP contribution >= 0.6 is 0 Å². The quantitative estimate of drug-likeness (QED) is 0.359. The van der Waals surface area contributed by atoms with E-state index in [9.17, 15) is 23.5 Å². The van der Waals surface area contributed by atoms with Crippen LogP contribution in [0.4, 0.5) is 19.3 Å². The summed E-state index contributed by atoms with van der Waals surface area (Å²) in [6.07, 6.45) is -0.103. The molecule has 3 aromatic carbocycles. The zero-order valence-corrected chi connectivity index (χ0v) is 18.4. The number of urea groups is 1. The first-order valence-electron chi connectivity index (χ1n) is 10.4. The van der Waals surface area contributed by atoms with E-state index in [4.69, 9.17) is 4.42 Å². The number of anilines is 1. The molecule has 9 heteroatoms. The summed E-state index contributed by atoms with van der Waals surface area (Å²) in [5, 5.41) is 14.3. The number of carboxylic acid groups (broad SMARTS) is 1. The minimum Gasteiger partial charge on any atom is -0.480 e. The van der Waals surface area contributed by atoms with Gasteiger partial charge in [-0.25, -0.2) is 23.4 Å². The number of benzene rings is 3. The molecule has 0 aliphatic carbocycles. The molecule has 3 N–H and O–H groups in total. The molecule has 0 aliphatic rings. The SMILES string of the molecule is Cc1ccc2oc(-c3ccc(NC(=O)NC(C)(Cc4ccc(F)cc4)C(=O)O)c(F)c3)nc2c1. The second kappa shape index (κ2) is 8.93. The van der Waals surface area contributed by atoms with Crippen LogP contribution in [0.5, 0.6) is 0 Å². The lowest BCUT2D eigenvalue weighted by molar-refractivity contribution is -0.143. The second-order valence-corrected chi connectivity index (χ2v) is 8.20. The summed E-state index contributed by atoms with van der Waals surface area (Å²) in [6.45, 7) is 3.24. The number of halogens is 2. The Bertz CT molecular complexity index is 1380. The van der Waals surface area contributed by atoms with E-state index in [0.29, 0.717) is 22.2 Å². The minimum atomic E-state index is -1.71. The van der Waals surface area contributed by atoms with Crippen molar-refractivity contribution < 1.29 is 27.9 Å². The first-order valence-corrected chi connectivity index (χ1v) is 10.4. The van der Waals surface area contributed by atoms with Gasteiger partial charge < -0.3 is 20.2 Å². The number of carboxylic acids is 1. The van der Waals surface area contributed by atoms with E-state index in [1.54, 1.807) is 6.07 Å². The Balaban J connectivity index is 1.49. The Hall–Kier alpha value is -4.27. The van der Waals surface area contributed by atoms with E-state index < -0.39 is 29.2 Å². The molecule has 0 fully saturated rings. The van der Waals surface area contributed by atoms with Gasteiger partial charge >= 0.3 is 12.0 Å². The fraction of sp³-hybridized carbons (Fsp3) is 0.160. The highest BCUT2D eigenvalue weighted by Gasteiger charge is 2.35. The van der Waals surface area contributed by atoms with E-state index in [-0.39, 0.29) is 18.0 Å². The van der Waals surface area contributed by atoms with Gasteiger partial charge in [-0.05, 0) is 67.4 Å². The zero-order valence-electron chi connectivity index (χ0n) is 18.4. The number of oxazole rings is 1. The normalized spacial score (nSPS) is 12.8. The van der Waals surface area contributed by atoms with Gasteiger partial charge in [0.2, 0.25) is 5.89 Å². The predicted molar refractivity (Wildman–Crippen MR) is 122 cm³/mol. The van der Waals surface area contributed by atoms with Crippen LogP contribution < -0.4 is 10.6 Å². The number of aromatic nitrogens is 1. The van der Waals surface area contributed by atoms with Gasteiger partial charge in [0.25, 0.3) is 0 Å². The van der Waals surface area contributed by atoms with E-state index in [2.05, 4.69) is 15.6 Å². The van der Waals surface area contributed by atoms with Crippen molar-refractivity contribution in [3.05, 3.63) is 83.4 Å². The lowest BCUT2D eigenvalue weighted by atomic mass is 9.93. The molecule has 1 unspecified atom stereocenters. The van der Waals surface area contributed by atoms with Crippen LogP contribution in [-0.4, -0.2) is 27.6 Å². The average Bonchev–Trinajstić information content (AvgIpc) is 3.20. The molecule has 174 valence electrons. The van der Waals surface area contributed by atoms with Crippen molar-refractivity contribution in [2.75, 3.05) is 5.32 Å². The second-order valence-electron chi connectivity index (χ2n) is 8.20. The maximum atomic E-state index is 14.7. The number of carbonyl (C=O) groups is 2. The Morgan fingerprint density at radius 1 is 1.06 bits per heavy atom. The molecule has 0 saturated carbocycles. The van der Waals surface area contributed by atoms with Gasteiger partial charge in [-0.3, -0.25) is 0 Å². The van der Waals surface area contributed by atoms with Crippen LogP contribution in [0.2, 0.25) is 0 Å². The number of fused-ring (bicyclic) bond motifs is 1. The number of nitrogens with one attached hydrogen (secondary N) is 2. The molecule has 4 aromatic rings. The van der Waals surface area contributed by atoms with Gasteiger partial charge in [0.15, 0.2) is 5.58 Å². The average molecular weight is 465 g/mol. The van der Waals surface area contributed by atoms with Gasteiger partial charge in [0.05, 0.1) is 5.69 Å². The number of aryl methyl sites for hydroxylation is 1. The molecule has 1 atom stereocenters. The van der Waals surface area contributed by atoms with E-state index in [1.807, 2.05) is 19.1 Å². The standard InChI is InChI=1S/C25H21F2N3O4/c1-14-3-10-21-20(11-14)28-22(34-21)16-6-9-19(18(27)12-16)29-24(33)30-25(2,23(31)32)13-15-4-7-17(26)8-5-15/h3-12H,13H2,1-2H3,(H,31,32)(H2,29,30,33). The number of rotatable bonds is 6. The van der Waals surface area contributed by atoms with Gasteiger partial charge in [0.1, 0.15) is 22.7 Å². The number of carbonyl (C=O) groups excluding carboxylic acids is 1. The molecular formula is C25H21F2N3O4. The highest BCUT2D eigenvalue weighted by atomic mass is 19.1. The molecule has 0 radical (unpaired) electrons. The maximum Gasteiger partial charge on any atom is 0.329 e. The molecule has 0 aliphatic heterocycles. The van der Waals surface area contributed by atoms with Gasteiger partial charge in [-0.2, -0.15) is 0 Å². The molecule has 7 nitrogen and oxygen atoms in total. The number of hydrogen-bond acceptors (Lipinski definition) is 4. The predicted octanol–water partition coefficient (Wildman–Crippen LogP) is 5.29. The molecule has 1 heterocycles. The van der Waals surface area contributed by atoms with Crippen molar-refractivity contribution in [1.82, 2.24) is 10.3 Å². The van der Waals surface area contributed by atoms with Crippen LogP contribution in [0.3, 0.4) is 0 Å². The van der Waals surface area contributed by atoms with E-state index >= 15 is 0 Å². The lowest BCUT2D eigenvalue weighted by Gasteiger charge is -2.26. The van der Waals surface area contributed by atoms with Crippen LogP contribution in [-0.2, 0) is 11.2 Å². The van der Waals surface area contributed by atoms with Crippen molar-refractivity contribution >= 4 is 28.8 Å². The summed E-state index contributed by atoms with van der Waals surface area (Å²) < 4.78 is 33.5. The fourth-order valence-electron chi connectivity index (χ4n) is 3.50. The summed E-state index contributed by atoms with van der Waals surface area (Å²) in [5.41, 5.74) is 1.25. The third-order valence-corrected chi connectivity index (χ3v) is 5.34. The monoisotopic (exact) mass is 465 g/mol. The van der Waals surface area contributed by atoms with Crippen LogP contribution in [0, 0.1) is 18.6 Å². The first kappa shape index (κ1) is 22.9. The summed E-state index contributed by atoms with van der Waals surface area (Å²) in [4.78, 5) is 28.7. The number of aliphatic carboxylic acids is 1. The Morgan fingerprint density at radius 2 is 1.79 bits per heavy atom. The molecule has 34 heavy (non-hydrogen) atoms. The molecule has 4 rings (SSSR count). The highest BCUT2D eigenvalue weighted by Crippen LogP contribution is 2.27. The van der Waals surface area contributed by atoms with Gasteiger partial charge in [-0.1, -0.05) is 18.2 Å². The number of nitrogens with zero attached hydrogens (tertiary/aromatic N) is 1. The molecule has 0 saturated heterocycles. The topological polar surface area (TPSA) is 104 Å². The van der Waals surface area contributed by atoms with Gasteiger partial charge in [-0.15, -0.1) is 0 Å². The van der Waals surface area contributed by atoms with Crippen molar-refractivity contribution in [2.45, 2.75) is 25.8 Å². The molecular weight excluding hydrogens is 444 g/mol. The number of amides is 2. The fourth-order valence-corrected chi connectivity index (χ4v) is 3.50. The van der Waals surface area contributed by atoms with Crippen molar-refractivity contribution in [1.29, 1.82) is 0 Å². The minimum absolute atomic E-state index is 0.103. The lowest BCUT2D eigenvalue weighted by Crippen LogP contribution is -2.55. The van der Waals surface area contributed by atoms with Gasteiger partial charge in [0, 0.05) is 12.0 Å². The smallest absolute Gasteiger partial charge is 0.329 e. The van der Waals surface area contributed by atoms with Crippen LogP contribution in [0.1, 0.15) is 18.1 Å². The maximum absolute atomic E-state index is 14.7. The van der Waals surface area contributed by atoms with E-state index in [1.165, 1.54) is 49.4 Å². The largest absolute Gasteiger partial charge is 0.480 e. The first-order chi connectivity index (χ1) is 16.1. The third-order valence-electron chi connectivity index (χ3n) is 5.34. The third kappa shape index (κ3) is 4.88. The Labute approximate surface area is 193 Å². The summed E-state index contributed by atoms with van der Waals surface area (Å²) in [7, 11) is 0. The van der Waals surface area contributed by atoms with E-state index in [0.717, 1.165) is 5.56 Å². The summed E-state index contributed by atoms with van der Waals surface area (Å²) in [5.74, 6) is -2.28. The van der Waals surface area contributed by atoms with Crippen molar-refractivity contribution in [3.8, 4) is 11.5 Å². The molecule has 0 spiro atoms. The molecule has 1 aromatic heterocycles. The molecule has 0 bridgehead atoms. The Kier molecular flexibility index (Phi) is 6.02. The van der Waals surface area contributed by atoms with Crippen LogP contribution in [0.25, 0.3) is 22.6 Å². The van der Waals surface area contributed by atoms with Crippen molar-refractivity contribution in [3.63, 3.8) is 0 Å².